The largest absolute Gasteiger partial charge is 0.416 e. The van der Waals surface area contributed by atoms with Crippen molar-refractivity contribution in [2.45, 2.75) is 26.3 Å². The maximum atomic E-state index is 5.19. The van der Waals surface area contributed by atoms with Gasteiger partial charge in [-0.2, -0.15) is 4.58 Å². The van der Waals surface area contributed by atoms with Crippen molar-refractivity contribution in [2.24, 2.45) is 0 Å². The topological polar surface area (TPSA) is 12.2 Å². The van der Waals surface area contributed by atoms with E-state index in [0.29, 0.717) is 0 Å². The zero-order valence-electron chi connectivity index (χ0n) is 7.01. The fourth-order valence-electron chi connectivity index (χ4n) is 0.931. The summed E-state index contributed by atoms with van der Waals surface area (Å²) < 4.78 is 7.23. The standard InChI is InChI=1S/C8H14NO/c1-7-5-8(2,3)9(4)6-10-7/h5-6H,1-4H3/q+1. The maximum Gasteiger partial charge on any atom is 0.329 e. The molecule has 0 saturated carbocycles. The van der Waals surface area contributed by atoms with Crippen LogP contribution in [0.5, 0.6) is 0 Å². The van der Waals surface area contributed by atoms with E-state index in [1.54, 1.807) is 6.40 Å². The molecule has 0 saturated heterocycles. The van der Waals surface area contributed by atoms with Crippen LogP contribution in [0.3, 0.4) is 0 Å². The van der Waals surface area contributed by atoms with E-state index in [4.69, 9.17) is 4.74 Å². The fourth-order valence-corrected chi connectivity index (χ4v) is 0.931. The lowest BCUT2D eigenvalue weighted by atomic mass is 10.0. The van der Waals surface area contributed by atoms with E-state index in [1.807, 2.05) is 18.5 Å². The van der Waals surface area contributed by atoms with Crippen LogP contribution in [-0.4, -0.2) is 23.6 Å². The second-order valence-corrected chi connectivity index (χ2v) is 3.24. The van der Waals surface area contributed by atoms with Gasteiger partial charge in [0.05, 0.1) is 0 Å². The summed E-state index contributed by atoms with van der Waals surface area (Å²) >= 11 is 0. The number of hydrogen-bond acceptors (Lipinski definition) is 1. The quantitative estimate of drug-likeness (QED) is 0.463. The Hall–Kier alpha value is -0.790. The van der Waals surface area contributed by atoms with Crippen molar-refractivity contribution in [1.29, 1.82) is 0 Å². The van der Waals surface area contributed by atoms with Crippen LogP contribution in [0.2, 0.25) is 0 Å². The molecule has 10 heavy (non-hydrogen) atoms. The molecule has 0 N–H and O–H groups in total. The van der Waals surface area contributed by atoms with Gasteiger partial charge in [-0.15, -0.1) is 0 Å². The van der Waals surface area contributed by atoms with Gasteiger partial charge in [-0.05, 0) is 6.92 Å². The van der Waals surface area contributed by atoms with Crippen LogP contribution in [0.25, 0.3) is 0 Å². The lowest BCUT2D eigenvalue weighted by Gasteiger charge is -2.19. The monoisotopic (exact) mass is 140 g/mol. The Labute approximate surface area is 61.8 Å². The Balaban J connectivity index is 2.90. The number of rotatable bonds is 0. The van der Waals surface area contributed by atoms with Gasteiger partial charge < -0.3 is 4.74 Å². The summed E-state index contributed by atoms with van der Waals surface area (Å²) in [6.07, 6.45) is 3.85. The molecule has 0 aromatic heterocycles. The Morgan fingerprint density at radius 2 is 2.10 bits per heavy atom. The van der Waals surface area contributed by atoms with Crippen LogP contribution in [-0.2, 0) is 4.74 Å². The number of hydrogen-bond donors (Lipinski definition) is 0. The van der Waals surface area contributed by atoms with Gasteiger partial charge in [0.25, 0.3) is 0 Å². The Morgan fingerprint density at radius 1 is 1.50 bits per heavy atom. The minimum Gasteiger partial charge on any atom is -0.416 e. The molecule has 56 valence electrons. The van der Waals surface area contributed by atoms with Crippen LogP contribution >= 0.6 is 0 Å². The van der Waals surface area contributed by atoms with Gasteiger partial charge in [-0.1, -0.05) is 0 Å². The van der Waals surface area contributed by atoms with Crippen LogP contribution in [0.4, 0.5) is 0 Å². The van der Waals surface area contributed by atoms with Crippen molar-refractivity contribution >= 4 is 6.40 Å². The fraction of sp³-hybridized carbons (Fsp3) is 0.625. The molecule has 0 unspecified atom stereocenters. The van der Waals surface area contributed by atoms with Gasteiger partial charge in [0.1, 0.15) is 12.8 Å². The lowest BCUT2D eigenvalue weighted by Crippen LogP contribution is -2.35. The molecular formula is C8H14NO+. The summed E-state index contributed by atoms with van der Waals surface area (Å²) in [4.78, 5) is 0. The molecule has 2 nitrogen and oxygen atoms in total. The molecule has 0 radical (unpaired) electrons. The molecule has 1 aliphatic heterocycles. The third-order valence-corrected chi connectivity index (χ3v) is 1.86. The highest BCUT2D eigenvalue weighted by atomic mass is 16.5. The Morgan fingerprint density at radius 3 is 2.50 bits per heavy atom. The predicted molar refractivity (Wildman–Crippen MR) is 41.2 cm³/mol. The zero-order chi connectivity index (χ0) is 7.78. The zero-order valence-corrected chi connectivity index (χ0v) is 7.01. The first-order valence-electron chi connectivity index (χ1n) is 3.45. The molecule has 0 spiro atoms. The summed E-state index contributed by atoms with van der Waals surface area (Å²) in [7, 11) is 2.00. The van der Waals surface area contributed by atoms with Crippen molar-refractivity contribution < 1.29 is 9.31 Å². The molecule has 0 atom stereocenters. The summed E-state index contributed by atoms with van der Waals surface area (Å²) in [6.45, 7) is 6.26. The first kappa shape index (κ1) is 7.32. The first-order chi connectivity index (χ1) is 4.52. The SMILES string of the molecule is CC1=CC(C)(C)[N+](C)=CO1. The highest BCUT2D eigenvalue weighted by molar-refractivity contribution is 5.44. The second-order valence-electron chi connectivity index (χ2n) is 3.24. The molecule has 0 aliphatic carbocycles. The molecular weight excluding hydrogens is 126 g/mol. The van der Waals surface area contributed by atoms with Crippen molar-refractivity contribution in [3.8, 4) is 0 Å². The van der Waals surface area contributed by atoms with Gasteiger partial charge in [0, 0.05) is 19.9 Å². The predicted octanol–water partition coefficient (Wildman–Crippen LogP) is 1.37. The van der Waals surface area contributed by atoms with Crippen molar-refractivity contribution in [3.05, 3.63) is 11.8 Å². The van der Waals surface area contributed by atoms with Gasteiger partial charge in [-0.3, -0.25) is 0 Å². The van der Waals surface area contributed by atoms with Crippen molar-refractivity contribution in [1.82, 2.24) is 0 Å². The summed E-state index contributed by atoms with van der Waals surface area (Å²) in [5, 5.41) is 0. The second kappa shape index (κ2) is 2.11. The molecule has 0 amide bonds. The van der Waals surface area contributed by atoms with Crippen LogP contribution < -0.4 is 0 Å². The summed E-state index contributed by atoms with van der Waals surface area (Å²) in [5.41, 5.74) is 0.0995. The Kier molecular flexibility index (Phi) is 1.55. The van der Waals surface area contributed by atoms with Crippen LogP contribution in [0.1, 0.15) is 20.8 Å². The average molecular weight is 140 g/mol. The van der Waals surface area contributed by atoms with Crippen LogP contribution in [0, 0.1) is 0 Å². The van der Waals surface area contributed by atoms with Crippen molar-refractivity contribution in [2.75, 3.05) is 7.05 Å². The summed E-state index contributed by atoms with van der Waals surface area (Å²) in [6, 6.07) is 0. The first-order valence-corrected chi connectivity index (χ1v) is 3.45. The molecule has 1 heterocycles. The van der Waals surface area contributed by atoms with E-state index in [9.17, 15) is 0 Å². The molecule has 0 aromatic rings. The third-order valence-electron chi connectivity index (χ3n) is 1.86. The maximum absolute atomic E-state index is 5.19. The number of likely N-dealkylation sites (N-methyl/N-ethyl adjacent to an activating group) is 1. The van der Waals surface area contributed by atoms with E-state index in [-0.39, 0.29) is 5.54 Å². The molecule has 0 aromatic carbocycles. The lowest BCUT2D eigenvalue weighted by molar-refractivity contribution is -0.566. The highest BCUT2D eigenvalue weighted by Gasteiger charge is 2.28. The average Bonchev–Trinajstić information content (AvgIpc) is 1.78. The van der Waals surface area contributed by atoms with E-state index < -0.39 is 0 Å². The van der Waals surface area contributed by atoms with Crippen LogP contribution in [0.15, 0.2) is 11.8 Å². The smallest absolute Gasteiger partial charge is 0.329 e. The van der Waals surface area contributed by atoms with Gasteiger partial charge in [0.15, 0.2) is 5.54 Å². The van der Waals surface area contributed by atoms with E-state index in [2.05, 4.69) is 19.9 Å². The van der Waals surface area contributed by atoms with E-state index in [1.165, 1.54) is 0 Å². The summed E-state index contributed by atoms with van der Waals surface area (Å²) in [5.74, 6) is 0.975. The molecule has 0 fully saturated rings. The third kappa shape index (κ3) is 1.20. The number of allylic oxidation sites excluding steroid dienone is 1. The normalized spacial score (nSPS) is 22.8. The Bertz CT molecular complexity index is 201. The minimum atomic E-state index is 0.0995. The van der Waals surface area contributed by atoms with Crippen molar-refractivity contribution in [3.63, 3.8) is 0 Å². The number of nitrogens with zero attached hydrogens (tertiary/aromatic N) is 1. The van der Waals surface area contributed by atoms with E-state index in [0.717, 1.165) is 5.76 Å². The van der Waals surface area contributed by atoms with Gasteiger partial charge in [0.2, 0.25) is 0 Å². The molecule has 1 rings (SSSR count). The molecule has 2 heteroatoms. The molecule has 1 aliphatic rings. The minimum absolute atomic E-state index is 0.0995. The van der Waals surface area contributed by atoms with E-state index >= 15 is 0 Å². The number of ether oxygens (including phenoxy) is 1. The highest BCUT2D eigenvalue weighted by Crippen LogP contribution is 2.15. The molecule has 0 bridgehead atoms. The van der Waals surface area contributed by atoms with Gasteiger partial charge in [-0.25, -0.2) is 0 Å². The van der Waals surface area contributed by atoms with Gasteiger partial charge >= 0.3 is 6.40 Å².